The molecule has 7 heteroatoms. The Morgan fingerprint density at radius 3 is 2.29 bits per heavy atom. The average Bonchev–Trinajstić information content (AvgIpc) is 2.78. The van der Waals surface area contributed by atoms with Gasteiger partial charge in [0.05, 0.1) is 17.7 Å². The molecule has 0 saturated heterocycles. The lowest BCUT2D eigenvalue weighted by Gasteiger charge is -2.21. The Kier molecular flexibility index (Phi) is 6.99. The molecule has 160 valence electrons. The van der Waals surface area contributed by atoms with Gasteiger partial charge >= 0.3 is 0 Å². The third kappa shape index (κ3) is 5.46. The number of aryl methyl sites for hydroxylation is 1. The van der Waals surface area contributed by atoms with Crippen LogP contribution in [0.5, 0.6) is 5.75 Å². The van der Waals surface area contributed by atoms with E-state index in [1.54, 1.807) is 0 Å². The normalized spacial score (nSPS) is 12.6. The molecule has 0 aliphatic rings. The highest BCUT2D eigenvalue weighted by atomic mass is 16.6. The number of ether oxygens (including phenoxy) is 1. The molecule has 0 radical (unpaired) electrons. The van der Waals surface area contributed by atoms with Crippen LogP contribution < -0.4 is 15.4 Å². The third-order valence-corrected chi connectivity index (χ3v) is 5.14. The van der Waals surface area contributed by atoms with Gasteiger partial charge in [0.25, 0.3) is 11.6 Å². The predicted molar refractivity (Wildman–Crippen MR) is 119 cm³/mol. The first-order valence-corrected chi connectivity index (χ1v) is 9.99. The van der Waals surface area contributed by atoms with Crippen molar-refractivity contribution in [3.63, 3.8) is 0 Å². The Bertz CT molecular complexity index is 1050. The summed E-state index contributed by atoms with van der Waals surface area (Å²) in [6.07, 6.45) is 0. The van der Waals surface area contributed by atoms with E-state index < -0.39 is 11.0 Å². The number of nitrogens with one attached hydrogen (secondary N) is 1. The molecular weight excluding hydrogens is 394 g/mol. The zero-order chi connectivity index (χ0) is 22.4. The molecule has 0 aromatic heterocycles. The number of nitro benzene ring substituents is 1. The van der Waals surface area contributed by atoms with Gasteiger partial charge in [-0.2, -0.15) is 0 Å². The molecule has 3 aromatic carbocycles. The Morgan fingerprint density at radius 2 is 1.68 bits per heavy atom. The van der Waals surface area contributed by atoms with Crippen molar-refractivity contribution in [3.8, 4) is 5.75 Å². The van der Waals surface area contributed by atoms with Crippen molar-refractivity contribution < 1.29 is 19.8 Å². The highest BCUT2D eigenvalue weighted by molar-refractivity contribution is 5.95. The van der Waals surface area contributed by atoms with Gasteiger partial charge in [0.2, 0.25) is 0 Å². The van der Waals surface area contributed by atoms with Crippen molar-refractivity contribution in [3.05, 3.63) is 99.6 Å². The van der Waals surface area contributed by atoms with Gasteiger partial charge in [-0.1, -0.05) is 60.2 Å². The van der Waals surface area contributed by atoms with Crippen molar-refractivity contribution in [2.45, 2.75) is 25.9 Å². The first kappa shape index (κ1) is 22.0. The van der Waals surface area contributed by atoms with Gasteiger partial charge < -0.3 is 15.4 Å². The van der Waals surface area contributed by atoms with E-state index >= 15 is 0 Å². The minimum atomic E-state index is -0.506. The molecule has 0 aliphatic carbocycles. The van der Waals surface area contributed by atoms with E-state index in [1.165, 1.54) is 30.9 Å². The second kappa shape index (κ2) is 9.86. The largest absolute Gasteiger partial charge is 0.495 e. The molecule has 0 unspecified atom stereocenters. The molecule has 7 nitrogen and oxygen atoms in total. The first-order chi connectivity index (χ1) is 14.9. The molecule has 2 atom stereocenters. The maximum absolute atomic E-state index is 12.9. The summed E-state index contributed by atoms with van der Waals surface area (Å²) in [5, 5.41) is 15.9. The third-order valence-electron chi connectivity index (χ3n) is 5.14. The molecule has 0 spiro atoms. The van der Waals surface area contributed by atoms with Crippen molar-refractivity contribution in [2.75, 3.05) is 12.4 Å². The number of nitro groups is 1. The molecule has 0 fully saturated rings. The highest BCUT2D eigenvalue weighted by Gasteiger charge is 2.26. The van der Waals surface area contributed by atoms with Crippen LogP contribution in [0, 0.1) is 17.0 Å². The minimum Gasteiger partial charge on any atom is -0.495 e. The molecule has 3 N–H and O–H groups in total. The predicted octanol–water partition coefficient (Wildman–Crippen LogP) is 3.59. The number of methoxy groups -OCH3 is 1. The number of anilines is 1. The monoisotopic (exact) mass is 420 g/mol. The number of nitrogens with two attached hydrogens (primary N) is 1. The number of carbonyl (C=O) groups is 1. The fraction of sp³-hybridized carbons (Fsp3) is 0.208. The van der Waals surface area contributed by atoms with Crippen molar-refractivity contribution in [1.29, 1.82) is 0 Å². The number of hydrogen-bond donors (Lipinski definition) is 2. The number of rotatable bonds is 8. The smallest absolute Gasteiger partial charge is 0.282 e. The second-order valence-electron chi connectivity index (χ2n) is 7.41. The molecule has 31 heavy (non-hydrogen) atoms. The van der Waals surface area contributed by atoms with Gasteiger partial charge in [-0.15, -0.1) is 0 Å². The van der Waals surface area contributed by atoms with Crippen LogP contribution in [0.1, 0.15) is 29.7 Å². The van der Waals surface area contributed by atoms with Gasteiger partial charge in [-0.05, 0) is 19.9 Å². The van der Waals surface area contributed by atoms with Crippen LogP contribution in [0.15, 0.2) is 72.8 Å². The molecular formula is C24H26N3O4+. The summed E-state index contributed by atoms with van der Waals surface area (Å²) in [5.74, 6) is 0.0936. The quantitative estimate of drug-likeness (QED) is 0.430. The summed E-state index contributed by atoms with van der Waals surface area (Å²) in [6, 6.07) is 21.8. The lowest BCUT2D eigenvalue weighted by atomic mass is 9.97. The summed E-state index contributed by atoms with van der Waals surface area (Å²) in [5.41, 5.74) is 3.49. The van der Waals surface area contributed by atoms with E-state index in [2.05, 4.69) is 29.6 Å². The second-order valence-corrected chi connectivity index (χ2v) is 7.41. The number of nitrogens with zero attached hydrogens (tertiary/aromatic N) is 1. The summed E-state index contributed by atoms with van der Waals surface area (Å²) in [4.78, 5) is 23.5. The standard InChI is InChI=1S/C24H25N3O4/c1-16-9-11-19(12-10-16)23(18-7-5-4-6-8-18)25-17(2)24(28)26-21-15-20(27(29)30)13-14-22(21)31-3/h4-15,17,23,25H,1-3H3,(H,26,28)/p+1/t17-,23-/m0/s1. The summed E-state index contributed by atoms with van der Waals surface area (Å²) in [7, 11) is 1.45. The Hall–Kier alpha value is -3.71. The minimum absolute atomic E-state index is 0.0745. The molecule has 1 amide bonds. The molecule has 0 saturated carbocycles. The average molecular weight is 420 g/mol. The molecule has 3 aromatic rings. The van der Waals surface area contributed by atoms with Crippen molar-refractivity contribution in [1.82, 2.24) is 0 Å². The van der Waals surface area contributed by atoms with E-state index in [9.17, 15) is 14.9 Å². The number of hydrogen-bond acceptors (Lipinski definition) is 4. The Morgan fingerprint density at radius 1 is 1.03 bits per heavy atom. The van der Waals surface area contributed by atoms with Crippen LogP contribution in [0.3, 0.4) is 0 Å². The highest BCUT2D eigenvalue weighted by Crippen LogP contribution is 2.29. The molecule has 0 heterocycles. The molecule has 0 bridgehead atoms. The summed E-state index contributed by atoms with van der Waals surface area (Å²) in [6.45, 7) is 3.84. The topological polar surface area (TPSA) is 98.1 Å². The van der Waals surface area contributed by atoms with E-state index in [0.717, 1.165) is 11.1 Å². The van der Waals surface area contributed by atoms with Gasteiger partial charge in [-0.25, -0.2) is 0 Å². The lowest BCUT2D eigenvalue weighted by Crippen LogP contribution is -2.92. The Labute approximate surface area is 181 Å². The number of carbonyl (C=O) groups excluding carboxylic acids is 1. The van der Waals surface area contributed by atoms with E-state index in [4.69, 9.17) is 4.74 Å². The maximum atomic E-state index is 12.9. The summed E-state index contributed by atoms with van der Waals surface area (Å²) >= 11 is 0. The van der Waals surface area contributed by atoms with Crippen LogP contribution >= 0.6 is 0 Å². The van der Waals surface area contributed by atoms with Crippen LogP contribution in [0.4, 0.5) is 11.4 Å². The zero-order valence-corrected chi connectivity index (χ0v) is 17.7. The maximum Gasteiger partial charge on any atom is 0.282 e. The van der Waals surface area contributed by atoms with Gasteiger partial charge in [0, 0.05) is 23.3 Å². The van der Waals surface area contributed by atoms with Crippen LogP contribution in [-0.4, -0.2) is 24.0 Å². The fourth-order valence-corrected chi connectivity index (χ4v) is 3.38. The number of non-ortho nitro benzene ring substituents is 1. The van der Waals surface area contributed by atoms with E-state index in [1.807, 2.05) is 49.5 Å². The van der Waals surface area contributed by atoms with Gasteiger partial charge in [0.1, 0.15) is 11.8 Å². The zero-order valence-electron chi connectivity index (χ0n) is 17.7. The lowest BCUT2D eigenvalue weighted by molar-refractivity contribution is -0.704. The van der Waals surface area contributed by atoms with Gasteiger partial charge in [-0.3, -0.25) is 14.9 Å². The number of amides is 1. The van der Waals surface area contributed by atoms with Crippen LogP contribution in [0.25, 0.3) is 0 Å². The van der Waals surface area contributed by atoms with Crippen LogP contribution in [-0.2, 0) is 4.79 Å². The van der Waals surface area contributed by atoms with Gasteiger partial charge in [0.15, 0.2) is 6.04 Å². The number of quaternary nitrogens is 1. The van der Waals surface area contributed by atoms with Crippen LogP contribution in [0.2, 0.25) is 0 Å². The SMILES string of the molecule is COc1ccc([N+](=O)[O-])cc1NC(=O)[C@H](C)[NH2+][C@@H](c1ccccc1)c1ccc(C)cc1. The summed E-state index contributed by atoms with van der Waals surface area (Å²) < 4.78 is 5.24. The number of benzene rings is 3. The van der Waals surface area contributed by atoms with E-state index in [0.29, 0.717) is 5.75 Å². The van der Waals surface area contributed by atoms with E-state index in [-0.39, 0.29) is 23.3 Å². The molecule has 3 rings (SSSR count). The first-order valence-electron chi connectivity index (χ1n) is 9.99. The Balaban J connectivity index is 1.83. The fourth-order valence-electron chi connectivity index (χ4n) is 3.38. The van der Waals surface area contributed by atoms with Crippen molar-refractivity contribution >= 4 is 17.3 Å². The van der Waals surface area contributed by atoms with Crippen molar-refractivity contribution in [2.24, 2.45) is 0 Å². The molecule has 0 aliphatic heterocycles.